The molecule has 134 valence electrons. The molecular weight excluding hydrogens is 330 g/mol. The second-order valence-electron chi connectivity index (χ2n) is 6.56. The molecule has 0 saturated carbocycles. The van der Waals surface area contributed by atoms with Gasteiger partial charge in [-0.25, -0.2) is 0 Å². The number of amides is 2. The first-order chi connectivity index (χ1) is 12.5. The van der Waals surface area contributed by atoms with Crippen LogP contribution < -0.4 is 5.73 Å². The number of nitrogens with two attached hydrogens (primary N) is 1. The molecule has 1 unspecified atom stereocenters. The number of hydrogen-bond donors (Lipinski definition) is 1. The Hall–Kier alpha value is -3.09. The van der Waals surface area contributed by atoms with E-state index >= 15 is 0 Å². The zero-order chi connectivity index (χ0) is 18.4. The Balaban J connectivity index is 1.80. The van der Waals surface area contributed by atoms with E-state index < -0.39 is 11.9 Å². The zero-order valence-electron chi connectivity index (χ0n) is 14.8. The summed E-state index contributed by atoms with van der Waals surface area (Å²) in [5.74, 6) is -0.715. The van der Waals surface area contributed by atoms with Gasteiger partial charge in [-0.1, -0.05) is 18.2 Å². The molecule has 1 aliphatic rings. The van der Waals surface area contributed by atoms with Crippen LogP contribution in [0.2, 0.25) is 0 Å². The van der Waals surface area contributed by atoms with Crippen molar-refractivity contribution in [3.8, 4) is 0 Å². The summed E-state index contributed by atoms with van der Waals surface area (Å²) in [5.41, 5.74) is 8.92. The van der Waals surface area contributed by atoms with E-state index in [1.54, 1.807) is 15.8 Å². The fourth-order valence-corrected chi connectivity index (χ4v) is 3.94. The number of rotatable bonds is 3. The van der Waals surface area contributed by atoms with Gasteiger partial charge >= 0.3 is 0 Å². The minimum atomic E-state index is -0.789. The molecule has 0 bridgehead atoms. The second-order valence-corrected chi connectivity index (χ2v) is 6.56. The molecule has 1 aromatic carbocycles. The van der Waals surface area contributed by atoms with Crippen LogP contribution in [0.1, 0.15) is 34.7 Å². The van der Waals surface area contributed by atoms with E-state index in [9.17, 15) is 9.59 Å². The largest absolute Gasteiger partial charge is 0.368 e. The molecule has 2 N–H and O–H groups in total. The van der Waals surface area contributed by atoms with Crippen molar-refractivity contribution in [2.45, 2.75) is 25.9 Å². The van der Waals surface area contributed by atoms with Crippen LogP contribution >= 0.6 is 0 Å². The molecule has 7 heteroatoms. The van der Waals surface area contributed by atoms with E-state index in [0.717, 1.165) is 22.2 Å². The molecule has 0 saturated heterocycles. The number of fused-ring (bicyclic) bond motifs is 2. The van der Waals surface area contributed by atoms with Crippen LogP contribution in [0.15, 0.2) is 36.5 Å². The van der Waals surface area contributed by atoms with Crippen LogP contribution in [-0.2, 0) is 24.8 Å². The fourth-order valence-electron chi connectivity index (χ4n) is 3.94. The molecule has 0 radical (unpaired) electrons. The zero-order valence-corrected chi connectivity index (χ0v) is 14.8. The average molecular weight is 351 g/mol. The summed E-state index contributed by atoms with van der Waals surface area (Å²) in [4.78, 5) is 27.1. The number of carbonyl (C=O) groups is 2. The Labute approximate surface area is 151 Å². The summed E-state index contributed by atoms with van der Waals surface area (Å²) in [6, 6.07) is 8.99. The maximum absolute atomic E-state index is 13.4. The smallest absolute Gasteiger partial charge is 0.271 e. The van der Waals surface area contributed by atoms with Gasteiger partial charge in [-0.15, -0.1) is 0 Å². The van der Waals surface area contributed by atoms with Crippen LogP contribution in [-0.4, -0.2) is 37.6 Å². The number of benzene rings is 1. The van der Waals surface area contributed by atoms with Crippen molar-refractivity contribution in [1.82, 2.24) is 19.2 Å². The Kier molecular flexibility index (Phi) is 3.79. The van der Waals surface area contributed by atoms with Crippen molar-refractivity contribution >= 4 is 22.7 Å². The molecule has 26 heavy (non-hydrogen) atoms. The van der Waals surface area contributed by atoms with Crippen molar-refractivity contribution in [2.75, 3.05) is 6.54 Å². The van der Waals surface area contributed by atoms with Gasteiger partial charge < -0.3 is 15.2 Å². The van der Waals surface area contributed by atoms with Crippen molar-refractivity contribution in [1.29, 1.82) is 0 Å². The quantitative estimate of drug-likeness (QED) is 0.778. The van der Waals surface area contributed by atoms with E-state index in [1.165, 1.54) is 0 Å². The minimum Gasteiger partial charge on any atom is -0.368 e. The van der Waals surface area contributed by atoms with E-state index in [4.69, 9.17) is 5.73 Å². The van der Waals surface area contributed by atoms with Crippen molar-refractivity contribution in [3.05, 3.63) is 53.5 Å². The number of primary amides is 1. The van der Waals surface area contributed by atoms with Gasteiger partial charge in [0.25, 0.3) is 5.91 Å². The Morgan fingerprint density at radius 2 is 2.08 bits per heavy atom. The molecule has 3 aromatic rings. The summed E-state index contributed by atoms with van der Waals surface area (Å²) in [5, 5.41) is 5.24. The lowest BCUT2D eigenvalue weighted by Gasteiger charge is -2.34. The van der Waals surface area contributed by atoms with E-state index in [0.29, 0.717) is 25.2 Å². The van der Waals surface area contributed by atoms with E-state index in [1.807, 2.05) is 48.9 Å². The lowest BCUT2D eigenvalue weighted by atomic mass is 9.98. The van der Waals surface area contributed by atoms with Crippen molar-refractivity contribution < 1.29 is 9.59 Å². The van der Waals surface area contributed by atoms with Crippen LogP contribution in [0.25, 0.3) is 10.9 Å². The number of aryl methyl sites for hydroxylation is 2. The summed E-state index contributed by atoms with van der Waals surface area (Å²) in [6.45, 7) is 3.11. The fraction of sp³-hybridized carbons (Fsp3) is 0.316. The second kappa shape index (κ2) is 6.01. The molecule has 2 aromatic heterocycles. The number of hydrogen-bond acceptors (Lipinski definition) is 3. The molecule has 0 spiro atoms. The molecular formula is C19H21N5O2. The standard InChI is InChI=1S/C19H21N5O2/c1-3-23-14-7-5-4-6-12(14)10-16(23)19(26)24-9-8-15-13(11-21-22(15)2)17(24)18(20)25/h4-7,10-11,17H,3,8-9H2,1-2H3,(H2,20,25). The first-order valence-corrected chi connectivity index (χ1v) is 8.72. The first-order valence-electron chi connectivity index (χ1n) is 8.72. The maximum atomic E-state index is 13.4. The Morgan fingerprint density at radius 1 is 1.31 bits per heavy atom. The molecule has 7 nitrogen and oxygen atoms in total. The predicted octanol–water partition coefficient (Wildman–Crippen LogP) is 1.62. The molecule has 0 fully saturated rings. The number of nitrogens with zero attached hydrogens (tertiary/aromatic N) is 4. The third kappa shape index (κ3) is 2.31. The van der Waals surface area contributed by atoms with Gasteiger partial charge in [0.05, 0.1) is 6.20 Å². The van der Waals surface area contributed by atoms with Gasteiger partial charge in [0.2, 0.25) is 5.91 Å². The van der Waals surface area contributed by atoms with Crippen LogP contribution in [0.4, 0.5) is 0 Å². The summed E-state index contributed by atoms with van der Waals surface area (Å²) >= 11 is 0. The van der Waals surface area contributed by atoms with E-state index in [-0.39, 0.29) is 5.91 Å². The minimum absolute atomic E-state index is 0.179. The van der Waals surface area contributed by atoms with E-state index in [2.05, 4.69) is 5.10 Å². The van der Waals surface area contributed by atoms with Crippen LogP contribution in [0.5, 0.6) is 0 Å². The molecule has 2 amide bonds. The van der Waals surface area contributed by atoms with Gasteiger partial charge in [-0.05, 0) is 19.1 Å². The summed E-state index contributed by atoms with van der Waals surface area (Å²) in [7, 11) is 1.84. The van der Waals surface area contributed by atoms with Gasteiger partial charge in [0.15, 0.2) is 0 Å². The highest BCUT2D eigenvalue weighted by Crippen LogP contribution is 2.31. The molecule has 1 aliphatic heterocycles. The first kappa shape index (κ1) is 16.4. The number of aromatic nitrogens is 3. The predicted molar refractivity (Wildman–Crippen MR) is 97.5 cm³/mol. The third-order valence-corrected chi connectivity index (χ3v) is 5.17. The number of carbonyl (C=O) groups excluding carboxylic acids is 2. The lowest BCUT2D eigenvalue weighted by molar-refractivity contribution is -0.123. The monoisotopic (exact) mass is 351 g/mol. The topological polar surface area (TPSA) is 86.2 Å². The third-order valence-electron chi connectivity index (χ3n) is 5.17. The Bertz CT molecular complexity index is 1020. The SMILES string of the molecule is CCn1c(C(=O)N2CCc3c(cnn3C)C2C(N)=O)cc2ccccc21. The summed E-state index contributed by atoms with van der Waals surface area (Å²) in [6.07, 6.45) is 2.28. The van der Waals surface area contributed by atoms with Gasteiger partial charge in [-0.3, -0.25) is 14.3 Å². The molecule has 3 heterocycles. The maximum Gasteiger partial charge on any atom is 0.271 e. The van der Waals surface area contributed by atoms with Gasteiger partial charge in [-0.2, -0.15) is 5.10 Å². The Morgan fingerprint density at radius 3 is 2.81 bits per heavy atom. The highest BCUT2D eigenvalue weighted by molar-refractivity contribution is 6.01. The highest BCUT2D eigenvalue weighted by Gasteiger charge is 2.37. The molecule has 4 rings (SSSR count). The summed E-state index contributed by atoms with van der Waals surface area (Å²) < 4.78 is 3.73. The molecule has 0 aliphatic carbocycles. The van der Waals surface area contributed by atoms with Crippen molar-refractivity contribution in [2.24, 2.45) is 12.8 Å². The van der Waals surface area contributed by atoms with Crippen molar-refractivity contribution in [3.63, 3.8) is 0 Å². The normalized spacial score (nSPS) is 16.7. The van der Waals surface area contributed by atoms with Crippen LogP contribution in [0, 0.1) is 0 Å². The van der Waals surface area contributed by atoms with Gasteiger partial charge in [0.1, 0.15) is 11.7 Å². The average Bonchev–Trinajstić information content (AvgIpc) is 3.20. The van der Waals surface area contributed by atoms with Crippen LogP contribution in [0.3, 0.4) is 0 Å². The molecule has 1 atom stereocenters. The number of para-hydroxylation sites is 1. The van der Waals surface area contributed by atoms with Gasteiger partial charge in [0, 0.05) is 48.7 Å². The highest BCUT2D eigenvalue weighted by atomic mass is 16.2. The lowest BCUT2D eigenvalue weighted by Crippen LogP contribution is -2.46.